The number of piperazine rings is 1. The Kier molecular flexibility index (Phi) is 7.04. The zero-order chi connectivity index (χ0) is 24.1. The fraction of sp³-hybridized carbons (Fsp3) is 0.240. The van der Waals surface area contributed by atoms with Crippen LogP contribution in [0.4, 0.5) is 11.4 Å². The molecule has 1 aliphatic heterocycles. The van der Waals surface area contributed by atoms with Gasteiger partial charge in [-0.1, -0.05) is 30.3 Å². The summed E-state index contributed by atoms with van der Waals surface area (Å²) < 4.78 is 38.2. The molecule has 1 saturated heterocycles. The van der Waals surface area contributed by atoms with Crippen LogP contribution in [0.3, 0.4) is 0 Å². The van der Waals surface area contributed by atoms with Crippen LogP contribution in [0.25, 0.3) is 0 Å². The van der Waals surface area contributed by atoms with Crippen LogP contribution in [0.15, 0.2) is 77.7 Å². The first kappa shape index (κ1) is 23.6. The van der Waals surface area contributed by atoms with E-state index in [1.807, 2.05) is 48.5 Å². The molecule has 0 radical (unpaired) electrons. The molecule has 0 spiro atoms. The van der Waals surface area contributed by atoms with Gasteiger partial charge in [0.15, 0.2) is 11.5 Å². The Hall–Kier alpha value is -3.56. The highest BCUT2D eigenvalue weighted by Crippen LogP contribution is 2.31. The Bertz CT molecular complexity index is 1260. The summed E-state index contributed by atoms with van der Waals surface area (Å²) in [6.07, 6.45) is 0. The molecule has 1 fully saturated rings. The van der Waals surface area contributed by atoms with Crippen molar-refractivity contribution in [3.05, 3.63) is 78.4 Å². The third kappa shape index (κ3) is 4.85. The number of carbonyl (C=O) groups is 1. The van der Waals surface area contributed by atoms with Crippen molar-refractivity contribution in [2.24, 2.45) is 0 Å². The normalized spacial score (nSPS) is 14.5. The second-order valence-electron chi connectivity index (χ2n) is 7.75. The fourth-order valence-corrected chi connectivity index (χ4v) is 5.32. The number of ether oxygens (including phenoxy) is 2. The van der Waals surface area contributed by atoms with Crippen LogP contribution in [0.5, 0.6) is 11.5 Å². The number of benzene rings is 3. The zero-order valence-electron chi connectivity index (χ0n) is 19.1. The first-order valence-electron chi connectivity index (χ1n) is 10.9. The summed E-state index contributed by atoms with van der Waals surface area (Å²) in [6.45, 7) is 1.00. The van der Waals surface area contributed by atoms with Gasteiger partial charge < -0.3 is 19.7 Å². The molecule has 1 aliphatic rings. The number of nitrogens with one attached hydrogen (secondary N) is 1. The quantitative estimate of drug-likeness (QED) is 0.555. The Morgan fingerprint density at radius 3 is 2.15 bits per heavy atom. The van der Waals surface area contributed by atoms with Crippen molar-refractivity contribution in [2.45, 2.75) is 4.90 Å². The molecule has 0 atom stereocenters. The summed E-state index contributed by atoms with van der Waals surface area (Å²) in [6, 6.07) is 21.5. The highest BCUT2D eigenvalue weighted by Gasteiger charge is 2.31. The third-order valence-corrected chi connectivity index (χ3v) is 7.62. The van der Waals surface area contributed by atoms with Gasteiger partial charge in [0, 0.05) is 37.9 Å². The van der Waals surface area contributed by atoms with E-state index in [0.29, 0.717) is 35.8 Å². The summed E-state index contributed by atoms with van der Waals surface area (Å²) in [5.74, 6) is 0.668. The lowest BCUT2D eigenvalue weighted by Gasteiger charge is -2.34. The second kappa shape index (κ2) is 10.1. The summed E-state index contributed by atoms with van der Waals surface area (Å²) in [5.41, 5.74) is 2.13. The molecule has 0 aromatic heterocycles. The van der Waals surface area contributed by atoms with Crippen molar-refractivity contribution in [1.82, 2.24) is 9.21 Å². The van der Waals surface area contributed by atoms with Gasteiger partial charge in [0.05, 0.1) is 30.4 Å². The molecule has 8 nitrogen and oxygen atoms in total. The summed E-state index contributed by atoms with van der Waals surface area (Å²) in [5, 5.41) is 3.29. The van der Waals surface area contributed by atoms with Crippen LogP contribution in [0, 0.1) is 0 Å². The van der Waals surface area contributed by atoms with Crippen molar-refractivity contribution in [3.63, 3.8) is 0 Å². The van der Waals surface area contributed by atoms with E-state index in [0.717, 1.165) is 5.69 Å². The van der Waals surface area contributed by atoms with Gasteiger partial charge in [0.2, 0.25) is 10.0 Å². The number of rotatable bonds is 7. The monoisotopic (exact) mass is 481 g/mol. The Labute approximate surface area is 199 Å². The maximum Gasteiger partial charge on any atom is 0.256 e. The first-order valence-corrected chi connectivity index (χ1v) is 12.3. The summed E-state index contributed by atoms with van der Waals surface area (Å²) in [4.78, 5) is 15.1. The molecule has 0 unspecified atom stereocenters. The van der Waals surface area contributed by atoms with Gasteiger partial charge in [-0.2, -0.15) is 4.31 Å². The Balaban J connectivity index is 1.47. The van der Waals surface area contributed by atoms with Crippen molar-refractivity contribution in [1.29, 1.82) is 0 Å². The number of hydrogen-bond donors (Lipinski definition) is 1. The van der Waals surface area contributed by atoms with Crippen LogP contribution in [0.2, 0.25) is 0 Å². The van der Waals surface area contributed by atoms with E-state index in [1.54, 1.807) is 17.0 Å². The molecule has 0 saturated carbocycles. The average molecular weight is 482 g/mol. The number of carbonyl (C=O) groups excluding carboxylic acids is 1. The van der Waals surface area contributed by atoms with Crippen molar-refractivity contribution in [2.75, 3.05) is 45.7 Å². The van der Waals surface area contributed by atoms with Crippen LogP contribution in [-0.4, -0.2) is 63.9 Å². The molecule has 178 valence electrons. The van der Waals surface area contributed by atoms with Gasteiger partial charge >= 0.3 is 0 Å². The first-order chi connectivity index (χ1) is 16.4. The molecule has 0 bridgehead atoms. The van der Waals surface area contributed by atoms with Gasteiger partial charge in [-0.15, -0.1) is 0 Å². The van der Waals surface area contributed by atoms with E-state index in [4.69, 9.17) is 9.47 Å². The summed E-state index contributed by atoms with van der Waals surface area (Å²) in [7, 11) is -0.778. The van der Waals surface area contributed by atoms with E-state index >= 15 is 0 Å². The third-order valence-electron chi connectivity index (χ3n) is 5.73. The van der Waals surface area contributed by atoms with Gasteiger partial charge in [-0.3, -0.25) is 4.79 Å². The number of para-hydroxylation sites is 2. The molecule has 34 heavy (non-hydrogen) atoms. The average Bonchev–Trinajstić information content (AvgIpc) is 2.89. The van der Waals surface area contributed by atoms with E-state index in [9.17, 15) is 13.2 Å². The predicted molar refractivity (Wildman–Crippen MR) is 130 cm³/mol. The highest BCUT2D eigenvalue weighted by atomic mass is 32.2. The number of amides is 1. The van der Waals surface area contributed by atoms with Gasteiger partial charge in [0.25, 0.3) is 5.91 Å². The smallest absolute Gasteiger partial charge is 0.256 e. The van der Waals surface area contributed by atoms with Crippen LogP contribution < -0.4 is 14.8 Å². The Morgan fingerprint density at radius 1 is 0.824 bits per heavy atom. The molecule has 3 aromatic rings. The number of nitrogens with zero attached hydrogens (tertiary/aromatic N) is 2. The molecule has 4 rings (SSSR count). The lowest BCUT2D eigenvalue weighted by molar-refractivity contribution is 0.0699. The number of sulfonamides is 1. The van der Waals surface area contributed by atoms with Gasteiger partial charge in [0.1, 0.15) is 0 Å². The number of methoxy groups -OCH3 is 2. The molecule has 9 heteroatoms. The number of anilines is 2. The van der Waals surface area contributed by atoms with E-state index in [1.165, 1.54) is 30.7 Å². The second-order valence-corrected chi connectivity index (χ2v) is 9.69. The molecule has 1 N–H and O–H groups in total. The van der Waals surface area contributed by atoms with Gasteiger partial charge in [-0.05, 0) is 36.4 Å². The lowest BCUT2D eigenvalue weighted by atomic mass is 10.1. The molecule has 0 aliphatic carbocycles. The van der Waals surface area contributed by atoms with Crippen molar-refractivity contribution >= 4 is 27.3 Å². The lowest BCUT2D eigenvalue weighted by Crippen LogP contribution is -2.50. The minimum Gasteiger partial charge on any atom is -0.493 e. The zero-order valence-corrected chi connectivity index (χ0v) is 19.9. The van der Waals surface area contributed by atoms with Crippen molar-refractivity contribution < 1.29 is 22.7 Å². The van der Waals surface area contributed by atoms with Crippen LogP contribution >= 0.6 is 0 Å². The predicted octanol–water partition coefficient (Wildman–Crippen LogP) is 3.59. The number of hydrogen-bond acceptors (Lipinski definition) is 6. The van der Waals surface area contributed by atoms with Crippen LogP contribution in [-0.2, 0) is 10.0 Å². The maximum atomic E-state index is 13.3. The van der Waals surface area contributed by atoms with E-state index < -0.39 is 10.0 Å². The van der Waals surface area contributed by atoms with Crippen molar-refractivity contribution in [3.8, 4) is 11.5 Å². The summed E-state index contributed by atoms with van der Waals surface area (Å²) >= 11 is 0. The minimum absolute atomic E-state index is 0.127. The van der Waals surface area contributed by atoms with Crippen LogP contribution in [0.1, 0.15) is 10.4 Å². The minimum atomic E-state index is -3.73. The molecule has 1 heterocycles. The topological polar surface area (TPSA) is 88.2 Å². The standard InChI is InChI=1S/C25H27N3O5S/c1-32-23-13-12-20(18-24(23)33-2)34(30,31)28-16-14-27(15-17-28)25(29)21-10-6-7-11-22(21)26-19-8-4-3-5-9-19/h3-13,18,26H,14-17H2,1-2H3. The molecule has 3 aromatic carbocycles. The largest absolute Gasteiger partial charge is 0.493 e. The highest BCUT2D eigenvalue weighted by molar-refractivity contribution is 7.89. The molecule has 1 amide bonds. The Morgan fingerprint density at radius 2 is 1.47 bits per heavy atom. The van der Waals surface area contributed by atoms with E-state index in [2.05, 4.69) is 5.32 Å². The molecular weight excluding hydrogens is 454 g/mol. The molecular formula is C25H27N3O5S. The van der Waals surface area contributed by atoms with Gasteiger partial charge in [-0.25, -0.2) is 8.42 Å². The SMILES string of the molecule is COc1ccc(S(=O)(=O)N2CCN(C(=O)c3ccccc3Nc3ccccc3)CC2)cc1OC. The maximum absolute atomic E-state index is 13.3. The van der Waals surface area contributed by atoms with E-state index in [-0.39, 0.29) is 23.9 Å². The fourth-order valence-electron chi connectivity index (χ4n) is 3.88.